The van der Waals surface area contributed by atoms with E-state index in [0.717, 1.165) is 22.3 Å². The zero-order chi connectivity index (χ0) is 14.8. The van der Waals surface area contributed by atoms with Gasteiger partial charge in [0.05, 0.1) is 11.3 Å². The molecule has 2 aromatic rings. The van der Waals surface area contributed by atoms with Crippen molar-refractivity contribution in [2.24, 2.45) is 5.14 Å². The summed E-state index contributed by atoms with van der Waals surface area (Å²) in [6, 6.07) is 7.44. The van der Waals surface area contributed by atoms with Gasteiger partial charge in [0, 0.05) is 29.0 Å². The van der Waals surface area contributed by atoms with Gasteiger partial charge >= 0.3 is 0 Å². The summed E-state index contributed by atoms with van der Waals surface area (Å²) >= 11 is 0. The predicted octanol–water partition coefficient (Wildman–Crippen LogP) is 1.22. The summed E-state index contributed by atoms with van der Waals surface area (Å²) in [6.45, 7) is 2.43. The average molecular weight is 294 g/mol. The molecule has 0 aliphatic heterocycles. The third-order valence-corrected chi connectivity index (χ3v) is 3.74. The van der Waals surface area contributed by atoms with Crippen molar-refractivity contribution in [1.29, 1.82) is 0 Å². The second-order valence-corrected chi connectivity index (χ2v) is 6.47. The maximum Gasteiger partial charge on any atom is 0.209 e. The minimum absolute atomic E-state index is 0.0376. The first kappa shape index (κ1) is 14.5. The van der Waals surface area contributed by atoms with Crippen molar-refractivity contribution in [2.75, 3.05) is 23.3 Å². The van der Waals surface area contributed by atoms with Crippen molar-refractivity contribution in [1.82, 2.24) is 4.98 Å². The van der Waals surface area contributed by atoms with E-state index in [1.807, 2.05) is 25.1 Å². The van der Waals surface area contributed by atoms with Crippen molar-refractivity contribution >= 4 is 32.3 Å². The minimum atomic E-state index is -3.41. The van der Waals surface area contributed by atoms with Crippen LogP contribution in [0.2, 0.25) is 0 Å². The van der Waals surface area contributed by atoms with E-state index in [4.69, 9.17) is 10.9 Å². The molecule has 0 aliphatic rings. The van der Waals surface area contributed by atoms with Crippen molar-refractivity contribution < 1.29 is 8.42 Å². The predicted molar refractivity (Wildman–Crippen MR) is 82.0 cm³/mol. The van der Waals surface area contributed by atoms with Gasteiger partial charge in [0.2, 0.25) is 10.0 Å². The number of benzene rings is 1. The minimum Gasteiger partial charge on any atom is -0.399 e. The lowest BCUT2D eigenvalue weighted by Crippen LogP contribution is -2.18. The third-order valence-electron chi connectivity index (χ3n) is 2.88. The molecule has 1 aromatic carbocycles. The van der Waals surface area contributed by atoms with E-state index in [0.29, 0.717) is 18.7 Å². The molecule has 0 bridgehead atoms. The number of aryl methyl sites for hydroxylation is 1. The standard InChI is InChI=1S/C13H18N4O2S/c1-9-7-13(16-5-2-6-20(15,18)19)11-8-10(14)3-4-12(11)17-9/h3-4,7-8H,2,5-6,14H2,1H3,(H,16,17)(H2,15,18,19). The topological polar surface area (TPSA) is 111 Å². The zero-order valence-electron chi connectivity index (χ0n) is 11.3. The van der Waals surface area contributed by atoms with Crippen LogP contribution in [-0.4, -0.2) is 25.7 Å². The Balaban J connectivity index is 2.18. The molecular formula is C13H18N4O2S. The highest BCUT2D eigenvalue weighted by atomic mass is 32.2. The zero-order valence-corrected chi connectivity index (χ0v) is 12.1. The van der Waals surface area contributed by atoms with Crippen LogP contribution in [0, 0.1) is 6.92 Å². The van der Waals surface area contributed by atoms with Gasteiger partial charge in [0.15, 0.2) is 0 Å². The van der Waals surface area contributed by atoms with Crippen LogP contribution in [0.15, 0.2) is 24.3 Å². The van der Waals surface area contributed by atoms with Gasteiger partial charge in [0.25, 0.3) is 0 Å². The quantitative estimate of drug-likeness (QED) is 0.567. The number of hydrogen-bond acceptors (Lipinski definition) is 5. The van der Waals surface area contributed by atoms with E-state index in [1.54, 1.807) is 6.07 Å². The number of rotatable bonds is 5. The molecule has 0 atom stereocenters. The van der Waals surface area contributed by atoms with Gasteiger partial charge in [-0.25, -0.2) is 13.6 Å². The molecule has 0 saturated carbocycles. The molecule has 20 heavy (non-hydrogen) atoms. The molecule has 0 radical (unpaired) electrons. The number of nitrogens with one attached hydrogen (secondary N) is 1. The summed E-state index contributed by atoms with van der Waals surface area (Å²) in [5.41, 5.74) is 9.09. The molecule has 0 saturated heterocycles. The number of nitrogens with zero attached hydrogens (tertiary/aromatic N) is 1. The number of sulfonamides is 1. The van der Waals surface area contributed by atoms with Crippen molar-refractivity contribution in [3.8, 4) is 0 Å². The highest BCUT2D eigenvalue weighted by Crippen LogP contribution is 2.25. The maximum atomic E-state index is 10.9. The number of hydrogen-bond donors (Lipinski definition) is 3. The van der Waals surface area contributed by atoms with E-state index in [9.17, 15) is 8.42 Å². The molecule has 0 amide bonds. The van der Waals surface area contributed by atoms with Crippen LogP contribution in [0.3, 0.4) is 0 Å². The highest BCUT2D eigenvalue weighted by molar-refractivity contribution is 7.89. The Morgan fingerprint density at radius 1 is 1.30 bits per heavy atom. The third kappa shape index (κ3) is 3.82. The lowest BCUT2D eigenvalue weighted by molar-refractivity contribution is 0.596. The van der Waals surface area contributed by atoms with Gasteiger partial charge in [-0.05, 0) is 37.6 Å². The molecule has 0 fully saturated rings. The number of fused-ring (bicyclic) bond motifs is 1. The number of anilines is 2. The highest BCUT2D eigenvalue weighted by Gasteiger charge is 2.06. The van der Waals surface area contributed by atoms with Gasteiger partial charge in [-0.15, -0.1) is 0 Å². The molecule has 1 aromatic heterocycles. The average Bonchev–Trinajstić information content (AvgIpc) is 2.34. The number of primary sulfonamides is 1. The largest absolute Gasteiger partial charge is 0.399 e. The lowest BCUT2D eigenvalue weighted by Gasteiger charge is -2.11. The Labute approximate surface area is 118 Å². The van der Waals surface area contributed by atoms with Crippen LogP contribution < -0.4 is 16.2 Å². The summed E-state index contributed by atoms with van der Waals surface area (Å²) in [7, 11) is -3.41. The van der Waals surface area contributed by atoms with Crippen molar-refractivity contribution in [3.05, 3.63) is 30.0 Å². The number of aromatic nitrogens is 1. The fourth-order valence-electron chi connectivity index (χ4n) is 2.02. The molecular weight excluding hydrogens is 276 g/mol. The molecule has 6 nitrogen and oxygen atoms in total. The summed E-state index contributed by atoms with van der Waals surface area (Å²) in [5, 5.41) is 9.10. The van der Waals surface area contributed by atoms with Crippen LogP contribution in [0.5, 0.6) is 0 Å². The van der Waals surface area contributed by atoms with E-state index in [1.165, 1.54) is 0 Å². The first-order valence-electron chi connectivity index (χ1n) is 6.26. The molecule has 0 unspecified atom stereocenters. The monoisotopic (exact) mass is 294 g/mol. The van der Waals surface area contributed by atoms with E-state index < -0.39 is 10.0 Å². The fraction of sp³-hybridized carbons (Fsp3) is 0.308. The first-order valence-corrected chi connectivity index (χ1v) is 7.98. The summed E-state index contributed by atoms with van der Waals surface area (Å²) in [6.07, 6.45) is 0.448. The Morgan fingerprint density at radius 3 is 2.75 bits per heavy atom. The van der Waals surface area contributed by atoms with E-state index >= 15 is 0 Å². The molecule has 0 spiro atoms. The van der Waals surface area contributed by atoms with Gasteiger partial charge in [-0.1, -0.05) is 0 Å². The van der Waals surface area contributed by atoms with E-state index in [2.05, 4.69) is 10.3 Å². The van der Waals surface area contributed by atoms with Gasteiger partial charge in [0.1, 0.15) is 0 Å². The number of pyridine rings is 1. The maximum absolute atomic E-state index is 10.9. The van der Waals surface area contributed by atoms with Crippen LogP contribution in [0.1, 0.15) is 12.1 Å². The normalized spacial score (nSPS) is 11.7. The van der Waals surface area contributed by atoms with Gasteiger partial charge < -0.3 is 11.1 Å². The second kappa shape index (κ2) is 5.64. The van der Waals surface area contributed by atoms with Crippen molar-refractivity contribution in [2.45, 2.75) is 13.3 Å². The number of nitrogen functional groups attached to an aromatic ring is 1. The molecule has 2 rings (SSSR count). The van der Waals surface area contributed by atoms with Crippen LogP contribution in [-0.2, 0) is 10.0 Å². The summed E-state index contributed by atoms with van der Waals surface area (Å²) in [5.74, 6) is -0.0376. The fourth-order valence-corrected chi connectivity index (χ4v) is 2.57. The smallest absolute Gasteiger partial charge is 0.209 e. The Kier molecular flexibility index (Phi) is 4.10. The van der Waals surface area contributed by atoms with Crippen molar-refractivity contribution in [3.63, 3.8) is 0 Å². The summed E-state index contributed by atoms with van der Waals surface area (Å²) in [4.78, 5) is 4.43. The SMILES string of the molecule is Cc1cc(NCCCS(N)(=O)=O)c2cc(N)ccc2n1. The molecule has 7 heteroatoms. The Hall–Kier alpha value is -1.86. The first-order chi connectivity index (χ1) is 9.35. The van der Waals surface area contributed by atoms with E-state index in [-0.39, 0.29) is 5.75 Å². The second-order valence-electron chi connectivity index (χ2n) is 4.74. The number of nitrogens with two attached hydrogens (primary N) is 2. The molecule has 1 heterocycles. The Bertz CT molecular complexity index is 728. The van der Waals surface area contributed by atoms with Crippen LogP contribution in [0.4, 0.5) is 11.4 Å². The lowest BCUT2D eigenvalue weighted by atomic mass is 10.1. The van der Waals surface area contributed by atoms with Crippen LogP contribution >= 0.6 is 0 Å². The van der Waals surface area contributed by atoms with Gasteiger partial charge in [-0.3, -0.25) is 4.98 Å². The van der Waals surface area contributed by atoms with Crippen LogP contribution in [0.25, 0.3) is 10.9 Å². The summed E-state index contributed by atoms with van der Waals surface area (Å²) < 4.78 is 21.8. The molecule has 5 N–H and O–H groups in total. The molecule has 0 aliphatic carbocycles. The van der Waals surface area contributed by atoms with Gasteiger partial charge in [-0.2, -0.15) is 0 Å². The molecule has 108 valence electrons. The Morgan fingerprint density at radius 2 is 2.05 bits per heavy atom.